The summed E-state index contributed by atoms with van der Waals surface area (Å²) >= 11 is 3.44. The first-order chi connectivity index (χ1) is 12.8. The molecule has 1 atom stereocenters. The zero-order chi connectivity index (χ0) is 17.9. The first-order valence-electron chi connectivity index (χ1n) is 8.28. The number of thiophene rings is 2. The van der Waals surface area contributed by atoms with E-state index >= 15 is 0 Å². The fourth-order valence-electron chi connectivity index (χ4n) is 3.19. The lowest BCUT2D eigenvalue weighted by Gasteiger charge is -2.35. The van der Waals surface area contributed by atoms with Crippen molar-refractivity contribution in [3.8, 4) is 11.8 Å². The van der Waals surface area contributed by atoms with Crippen molar-refractivity contribution in [2.24, 2.45) is 0 Å². The molecule has 1 unspecified atom stereocenters. The van der Waals surface area contributed by atoms with E-state index in [4.69, 9.17) is 10.00 Å². The maximum atomic E-state index is 12.9. The van der Waals surface area contributed by atoms with Crippen LogP contribution in [0.1, 0.15) is 26.9 Å². The predicted molar refractivity (Wildman–Crippen MR) is 103 cm³/mol. The molecule has 6 heteroatoms. The van der Waals surface area contributed by atoms with E-state index in [0.29, 0.717) is 17.9 Å². The molecule has 0 saturated carbocycles. The number of nitriles is 1. The van der Waals surface area contributed by atoms with Crippen LogP contribution < -0.4 is 4.74 Å². The summed E-state index contributed by atoms with van der Waals surface area (Å²) in [5.41, 5.74) is 1.80. The lowest BCUT2D eigenvalue weighted by Crippen LogP contribution is -2.42. The molecule has 1 aromatic carbocycles. The normalized spacial score (nSPS) is 16.0. The highest BCUT2D eigenvalue weighted by Gasteiger charge is 2.33. The number of benzene rings is 1. The Morgan fingerprint density at radius 1 is 1.19 bits per heavy atom. The van der Waals surface area contributed by atoms with Crippen molar-refractivity contribution >= 4 is 28.6 Å². The van der Waals surface area contributed by atoms with E-state index in [-0.39, 0.29) is 18.6 Å². The van der Waals surface area contributed by atoms with Crippen LogP contribution in [0.5, 0.6) is 5.75 Å². The lowest BCUT2D eigenvalue weighted by atomic mass is 9.98. The molecule has 0 spiro atoms. The number of carbonyl (C=O) groups is 1. The minimum absolute atomic E-state index is 0.00670. The Kier molecular flexibility index (Phi) is 4.74. The minimum Gasteiger partial charge on any atom is -0.484 e. The molecule has 1 aliphatic rings. The number of carbonyl (C=O) groups excluding carboxylic acids is 1. The van der Waals surface area contributed by atoms with Crippen molar-refractivity contribution in [3.63, 3.8) is 0 Å². The molecule has 0 N–H and O–H groups in total. The average Bonchev–Trinajstić information content (AvgIpc) is 3.37. The molecule has 0 fully saturated rings. The molecule has 0 saturated heterocycles. The maximum Gasteiger partial charge on any atom is 0.261 e. The van der Waals surface area contributed by atoms with Gasteiger partial charge < -0.3 is 9.64 Å². The molecular weight excluding hydrogens is 364 g/mol. The summed E-state index contributed by atoms with van der Waals surface area (Å²) in [7, 11) is 0. The van der Waals surface area contributed by atoms with Gasteiger partial charge in [0, 0.05) is 16.3 Å². The molecule has 4 rings (SSSR count). The number of fused-ring (bicyclic) bond motifs is 1. The SMILES string of the molecule is N#Cc1ccc(OCC(=O)N2CCc3sccc3C2c2cccs2)cc1. The van der Waals surface area contributed by atoms with Gasteiger partial charge in [-0.25, -0.2) is 0 Å². The summed E-state index contributed by atoms with van der Waals surface area (Å²) in [4.78, 5) is 17.3. The molecule has 0 bridgehead atoms. The van der Waals surface area contributed by atoms with Gasteiger partial charge in [0.05, 0.1) is 17.7 Å². The van der Waals surface area contributed by atoms with E-state index in [1.165, 1.54) is 15.3 Å². The fourth-order valence-corrected chi connectivity index (χ4v) is 4.95. The fraction of sp³-hybridized carbons (Fsp3) is 0.200. The predicted octanol–water partition coefficient (Wildman–Crippen LogP) is 4.23. The van der Waals surface area contributed by atoms with Crippen LogP contribution in [0.15, 0.2) is 53.2 Å². The molecular formula is C20H16N2O2S2. The van der Waals surface area contributed by atoms with Crippen molar-refractivity contribution in [1.29, 1.82) is 5.26 Å². The summed E-state index contributed by atoms with van der Waals surface area (Å²) in [6.07, 6.45) is 0.886. The number of amides is 1. The first-order valence-corrected chi connectivity index (χ1v) is 10.0. The molecule has 0 radical (unpaired) electrons. The van der Waals surface area contributed by atoms with E-state index in [2.05, 4.69) is 23.6 Å². The van der Waals surface area contributed by atoms with Crippen LogP contribution in [0.3, 0.4) is 0 Å². The molecule has 26 heavy (non-hydrogen) atoms. The van der Waals surface area contributed by atoms with Gasteiger partial charge in [0.2, 0.25) is 0 Å². The van der Waals surface area contributed by atoms with Crippen molar-refractivity contribution in [2.45, 2.75) is 12.5 Å². The third kappa shape index (κ3) is 3.24. The van der Waals surface area contributed by atoms with Gasteiger partial charge in [0.1, 0.15) is 5.75 Å². The Hall–Kier alpha value is -2.62. The lowest BCUT2D eigenvalue weighted by molar-refractivity contribution is -0.135. The van der Waals surface area contributed by atoms with Gasteiger partial charge in [0.15, 0.2) is 6.61 Å². The number of ether oxygens (including phenoxy) is 1. The van der Waals surface area contributed by atoms with E-state index in [9.17, 15) is 4.79 Å². The third-order valence-corrected chi connectivity index (χ3v) is 6.37. The van der Waals surface area contributed by atoms with Crippen LogP contribution in [0.25, 0.3) is 0 Å². The Morgan fingerprint density at radius 2 is 2.04 bits per heavy atom. The Balaban J connectivity index is 1.52. The van der Waals surface area contributed by atoms with Crippen LogP contribution >= 0.6 is 22.7 Å². The van der Waals surface area contributed by atoms with Crippen molar-refractivity contribution in [1.82, 2.24) is 4.90 Å². The quantitative estimate of drug-likeness (QED) is 0.680. The van der Waals surface area contributed by atoms with Gasteiger partial charge in [0.25, 0.3) is 5.91 Å². The summed E-state index contributed by atoms with van der Waals surface area (Å²) < 4.78 is 5.66. The molecule has 130 valence electrons. The van der Waals surface area contributed by atoms with Crippen molar-refractivity contribution in [2.75, 3.05) is 13.2 Å². The first kappa shape index (κ1) is 16.8. The summed E-state index contributed by atoms with van der Waals surface area (Å²) in [6, 6.07) is 15.1. The topological polar surface area (TPSA) is 53.3 Å². The molecule has 2 aromatic heterocycles. The van der Waals surface area contributed by atoms with Crippen LogP contribution in [0.4, 0.5) is 0 Å². The zero-order valence-corrected chi connectivity index (χ0v) is 15.6. The van der Waals surface area contributed by atoms with Crippen LogP contribution in [0.2, 0.25) is 0 Å². The highest BCUT2D eigenvalue weighted by atomic mass is 32.1. The molecule has 1 amide bonds. The van der Waals surface area contributed by atoms with E-state index in [1.54, 1.807) is 46.9 Å². The highest BCUT2D eigenvalue weighted by molar-refractivity contribution is 7.10. The molecule has 3 heterocycles. The number of nitrogens with zero attached hydrogens (tertiary/aromatic N) is 2. The Labute approximate surface area is 159 Å². The van der Waals surface area contributed by atoms with E-state index in [0.717, 1.165) is 6.42 Å². The average molecular weight is 380 g/mol. The second-order valence-electron chi connectivity index (χ2n) is 5.98. The molecule has 1 aliphatic heterocycles. The number of hydrogen-bond acceptors (Lipinski definition) is 5. The van der Waals surface area contributed by atoms with Crippen molar-refractivity contribution in [3.05, 3.63) is 74.1 Å². The summed E-state index contributed by atoms with van der Waals surface area (Å²) in [5, 5.41) is 13.0. The van der Waals surface area contributed by atoms with Gasteiger partial charge in [-0.3, -0.25) is 4.79 Å². The zero-order valence-electron chi connectivity index (χ0n) is 13.9. The largest absolute Gasteiger partial charge is 0.484 e. The monoisotopic (exact) mass is 380 g/mol. The number of hydrogen-bond donors (Lipinski definition) is 0. The van der Waals surface area contributed by atoms with E-state index < -0.39 is 0 Å². The molecule has 0 aliphatic carbocycles. The second-order valence-corrected chi connectivity index (χ2v) is 7.96. The minimum atomic E-state index is -0.0259. The number of rotatable bonds is 4. The van der Waals surface area contributed by atoms with Gasteiger partial charge >= 0.3 is 0 Å². The maximum absolute atomic E-state index is 12.9. The van der Waals surface area contributed by atoms with Crippen molar-refractivity contribution < 1.29 is 9.53 Å². The van der Waals surface area contributed by atoms with Gasteiger partial charge in [-0.2, -0.15) is 5.26 Å². The summed E-state index contributed by atoms with van der Waals surface area (Å²) in [6.45, 7) is 0.693. The third-order valence-electron chi connectivity index (χ3n) is 4.44. The smallest absolute Gasteiger partial charge is 0.261 e. The Bertz CT molecular complexity index is 939. The van der Waals surface area contributed by atoms with Crippen LogP contribution in [-0.2, 0) is 11.2 Å². The van der Waals surface area contributed by atoms with Crippen LogP contribution in [-0.4, -0.2) is 24.0 Å². The van der Waals surface area contributed by atoms with Gasteiger partial charge in [-0.1, -0.05) is 6.07 Å². The standard InChI is InChI=1S/C20H16N2O2S2/c21-12-14-3-5-15(6-4-14)24-13-19(23)22-9-7-17-16(8-11-26-17)20(22)18-2-1-10-25-18/h1-6,8,10-11,20H,7,9,13H2. The summed E-state index contributed by atoms with van der Waals surface area (Å²) in [5.74, 6) is 0.572. The molecule has 3 aromatic rings. The Morgan fingerprint density at radius 3 is 2.77 bits per heavy atom. The second kappa shape index (κ2) is 7.32. The van der Waals surface area contributed by atoms with E-state index in [1.807, 2.05) is 16.3 Å². The van der Waals surface area contributed by atoms with Gasteiger partial charge in [-0.05, 0) is 59.1 Å². The van der Waals surface area contributed by atoms with Crippen LogP contribution in [0, 0.1) is 11.3 Å². The molecule has 4 nitrogen and oxygen atoms in total. The van der Waals surface area contributed by atoms with Gasteiger partial charge in [-0.15, -0.1) is 22.7 Å². The highest BCUT2D eigenvalue weighted by Crippen LogP contribution is 2.39.